The lowest BCUT2D eigenvalue weighted by Gasteiger charge is -2.11. The van der Waals surface area contributed by atoms with E-state index in [1.54, 1.807) is 18.0 Å². The van der Waals surface area contributed by atoms with Crippen LogP contribution in [0.15, 0.2) is 12.3 Å². The molecule has 1 amide bonds. The Morgan fingerprint density at radius 2 is 2.35 bits per heavy atom. The van der Waals surface area contributed by atoms with Gasteiger partial charge in [0, 0.05) is 26.2 Å². The maximum atomic E-state index is 11.9. The first-order valence-corrected chi connectivity index (χ1v) is 6.37. The molecule has 2 rings (SSSR count). The number of amides is 1. The van der Waals surface area contributed by atoms with Crippen LogP contribution in [-0.4, -0.2) is 40.4 Å². The second kappa shape index (κ2) is 5.98. The summed E-state index contributed by atoms with van der Waals surface area (Å²) < 4.78 is 6.61. The van der Waals surface area contributed by atoms with Gasteiger partial charge in [0.25, 0.3) is 0 Å². The van der Waals surface area contributed by atoms with E-state index in [2.05, 4.69) is 15.4 Å². The Kier molecular flexibility index (Phi) is 4.31. The van der Waals surface area contributed by atoms with E-state index in [9.17, 15) is 4.79 Å². The zero-order valence-electron chi connectivity index (χ0n) is 11.9. The zero-order chi connectivity index (χ0) is 14.7. The first-order chi connectivity index (χ1) is 9.52. The highest BCUT2D eigenvalue weighted by atomic mass is 16.5. The lowest BCUT2D eigenvalue weighted by molar-refractivity contribution is -0.117. The smallest absolute Gasteiger partial charge is 0.241 e. The summed E-state index contributed by atoms with van der Waals surface area (Å²) in [7, 11) is 3.41. The highest BCUT2D eigenvalue weighted by molar-refractivity contribution is 5.96. The zero-order valence-corrected chi connectivity index (χ0v) is 11.9. The third-order valence-corrected chi connectivity index (χ3v) is 3.10. The molecule has 0 saturated carbocycles. The third kappa shape index (κ3) is 2.94. The molecule has 0 aliphatic rings. The van der Waals surface area contributed by atoms with Crippen LogP contribution in [0.5, 0.6) is 0 Å². The standard InChI is InChI=1S/C13H19N5O2/c1-8-10-6-9(7-15-12(10)18(2)17-8)16-13(19)11(14)4-5-20-3/h6-7,11H,4-5,14H2,1-3H3,(H,16,19). The van der Waals surface area contributed by atoms with E-state index >= 15 is 0 Å². The maximum absolute atomic E-state index is 11.9. The molecule has 7 heteroatoms. The van der Waals surface area contributed by atoms with Crippen molar-refractivity contribution in [1.29, 1.82) is 0 Å². The van der Waals surface area contributed by atoms with Gasteiger partial charge in [0.15, 0.2) is 5.65 Å². The summed E-state index contributed by atoms with van der Waals surface area (Å²) in [6.07, 6.45) is 2.08. The topological polar surface area (TPSA) is 95.1 Å². The number of pyridine rings is 1. The number of hydrogen-bond acceptors (Lipinski definition) is 5. The van der Waals surface area contributed by atoms with Crippen LogP contribution >= 0.6 is 0 Å². The van der Waals surface area contributed by atoms with E-state index in [0.29, 0.717) is 18.7 Å². The highest BCUT2D eigenvalue weighted by Gasteiger charge is 2.14. The van der Waals surface area contributed by atoms with Gasteiger partial charge in [0.1, 0.15) is 0 Å². The van der Waals surface area contributed by atoms with Gasteiger partial charge in [-0.1, -0.05) is 0 Å². The number of nitrogens with one attached hydrogen (secondary N) is 1. The Balaban J connectivity index is 2.13. The van der Waals surface area contributed by atoms with Gasteiger partial charge < -0.3 is 15.8 Å². The van der Waals surface area contributed by atoms with Crippen molar-refractivity contribution < 1.29 is 9.53 Å². The second-order valence-electron chi connectivity index (χ2n) is 4.68. The molecule has 0 spiro atoms. The van der Waals surface area contributed by atoms with Crippen LogP contribution in [-0.2, 0) is 16.6 Å². The SMILES string of the molecule is COCCC(N)C(=O)Nc1cnc2c(c1)c(C)nn2C. The molecular weight excluding hydrogens is 258 g/mol. The summed E-state index contributed by atoms with van der Waals surface area (Å²) in [6.45, 7) is 2.35. The molecule has 3 N–H and O–H groups in total. The van der Waals surface area contributed by atoms with E-state index in [0.717, 1.165) is 16.7 Å². The molecule has 2 aromatic heterocycles. The number of anilines is 1. The number of ether oxygens (including phenoxy) is 1. The summed E-state index contributed by atoms with van der Waals surface area (Å²) in [6, 6.07) is 1.26. The van der Waals surface area contributed by atoms with Crippen molar-refractivity contribution in [1.82, 2.24) is 14.8 Å². The Morgan fingerprint density at radius 3 is 3.05 bits per heavy atom. The molecule has 0 aliphatic carbocycles. The number of nitrogens with zero attached hydrogens (tertiary/aromatic N) is 3. The number of methoxy groups -OCH3 is 1. The monoisotopic (exact) mass is 277 g/mol. The Labute approximate surface area is 117 Å². The number of fused-ring (bicyclic) bond motifs is 1. The first-order valence-electron chi connectivity index (χ1n) is 6.37. The van der Waals surface area contributed by atoms with Gasteiger partial charge in [-0.2, -0.15) is 5.10 Å². The van der Waals surface area contributed by atoms with Gasteiger partial charge in [-0.05, 0) is 19.4 Å². The number of rotatable bonds is 5. The highest BCUT2D eigenvalue weighted by Crippen LogP contribution is 2.19. The third-order valence-electron chi connectivity index (χ3n) is 3.10. The predicted octanol–water partition coefficient (Wildman–Crippen LogP) is 0.579. The molecule has 108 valence electrons. The average Bonchev–Trinajstić information content (AvgIpc) is 2.71. The van der Waals surface area contributed by atoms with E-state index in [1.807, 2.05) is 20.0 Å². The van der Waals surface area contributed by atoms with Crippen molar-refractivity contribution in [3.05, 3.63) is 18.0 Å². The van der Waals surface area contributed by atoms with Gasteiger partial charge in [-0.15, -0.1) is 0 Å². The fourth-order valence-electron chi connectivity index (χ4n) is 1.99. The van der Waals surface area contributed by atoms with Crippen LogP contribution in [0.2, 0.25) is 0 Å². The Bertz CT molecular complexity index is 622. The molecule has 1 atom stereocenters. The van der Waals surface area contributed by atoms with Gasteiger partial charge in [-0.3, -0.25) is 9.48 Å². The van der Waals surface area contributed by atoms with Crippen LogP contribution in [0.25, 0.3) is 11.0 Å². The van der Waals surface area contributed by atoms with Crippen LogP contribution in [0.1, 0.15) is 12.1 Å². The summed E-state index contributed by atoms with van der Waals surface area (Å²) >= 11 is 0. The fourth-order valence-corrected chi connectivity index (χ4v) is 1.99. The number of aryl methyl sites for hydroxylation is 2. The van der Waals surface area contributed by atoms with E-state index < -0.39 is 6.04 Å². The number of carbonyl (C=O) groups is 1. The molecule has 0 radical (unpaired) electrons. The van der Waals surface area contributed by atoms with Gasteiger partial charge >= 0.3 is 0 Å². The summed E-state index contributed by atoms with van der Waals surface area (Å²) in [5.74, 6) is -0.246. The minimum atomic E-state index is -0.597. The number of hydrogen-bond donors (Lipinski definition) is 2. The Hall–Kier alpha value is -1.99. The average molecular weight is 277 g/mol. The van der Waals surface area contributed by atoms with Crippen LogP contribution < -0.4 is 11.1 Å². The summed E-state index contributed by atoms with van der Waals surface area (Å²) in [5.41, 5.74) is 8.04. The number of aromatic nitrogens is 3. The molecule has 0 aromatic carbocycles. The largest absolute Gasteiger partial charge is 0.385 e. The molecular formula is C13H19N5O2. The van der Waals surface area contributed by atoms with E-state index in [4.69, 9.17) is 10.5 Å². The molecule has 1 unspecified atom stereocenters. The molecule has 7 nitrogen and oxygen atoms in total. The lowest BCUT2D eigenvalue weighted by atomic mass is 10.2. The minimum Gasteiger partial charge on any atom is -0.385 e. The van der Waals surface area contributed by atoms with Crippen molar-refractivity contribution in [2.75, 3.05) is 19.0 Å². The number of nitrogens with two attached hydrogens (primary N) is 1. The fraction of sp³-hybridized carbons (Fsp3) is 0.462. The molecule has 0 aliphatic heterocycles. The summed E-state index contributed by atoms with van der Waals surface area (Å²) in [5, 5.41) is 7.96. The van der Waals surface area contributed by atoms with Crippen LogP contribution in [0.3, 0.4) is 0 Å². The second-order valence-corrected chi connectivity index (χ2v) is 4.68. The molecule has 20 heavy (non-hydrogen) atoms. The van der Waals surface area contributed by atoms with Gasteiger partial charge in [-0.25, -0.2) is 4.98 Å². The van der Waals surface area contributed by atoms with E-state index in [-0.39, 0.29) is 5.91 Å². The molecule has 0 fully saturated rings. The Morgan fingerprint density at radius 1 is 1.60 bits per heavy atom. The molecule has 2 aromatic rings. The van der Waals surface area contributed by atoms with Crippen LogP contribution in [0.4, 0.5) is 5.69 Å². The molecule has 2 heterocycles. The first kappa shape index (κ1) is 14.4. The quantitative estimate of drug-likeness (QED) is 0.833. The van der Waals surface area contributed by atoms with Gasteiger partial charge in [0.2, 0.25) is 5.91 Å². The predicted molar refractivity (Wildman–Crippen MR) is 76.3 cm³/mol. The van der Waals surface area contributed by atoms with Crippen molar-refractivity contribution in [3.63, 3.8) is 0 Å². The van der Waals surface area contributed by atoms with Gasteiger partial charge in [0.05, 0.1) is 23.6 Å². The molecule has 0 saturated heterocycles. The number of carbonyl (C=O) groups excluding carboxylic acids is 1. The lowest BCUT2D eigenvalue weighted by Crippen LogP contribution is -2.36. The van der Waals surface area contributed by atoms with E-state index in [1.165, 1.54) is 0 Å². The maximum Gasteiger partial charge on any atom is 0.241 e. The molecule has 0 bridgehead atoms. The van der Waals surface area contributed by atoms with Crippen molar-refractivity contribution in [2.45, 2.75) is 19.4 Å². The van der Waals surface area contributed by atoms with Crippen LogP contribution in [0, 0.1) is 6.92 Å². The van der Waals surface area contributed by atoms with Crippen molar-refractivity contribution >= 4 is 22.6 Å². The van der Waals surface area contributed by atoms with Crippen molar-refractivity contribution in [3.8, 4) is 0 Å². The minimum absolute atomic E-state index is 0.246. The normalized spacial score (nSPS) is 12.6. The van der Waals surface area contributed by atoms with Crippen molar-refractivity contribution in [2.24, 2.45) is 12.8 Å². The summed E-state index contributed by atoms with van der Waals surface area (Å²) in [4.78, 5) is 16.2.